The Morgan fingerprint density at radius 2 is 2.14 bits per heavy atom. The highest BCUT2D eigenvalue weighted by Gasteiger charge is 2.25. The molecule has 1 aromatic carbocycles. The van der Waals surface area contributed by atoms with Crippen LogP contribution in [-0.4, -0.2) is 33.6 Å². The summed E-state index contributed by atoms with van der Waals surface area (Å²) in [5.74, 6) is 1.87. The van der Waals surface area contributed by atoms with Crippen LogP contribution < -0.4 is 10.3 Å². The van der Waals surface area contributed by atoms with Crippen molar-refractivity contribution in [3.05, 3.63) is 45.1 Å². The molecule has 0 aliphatic heterocycles. The molecule has 1 aliphatic carbocycles. The number of hydrogen-bond acceptors (Lipinski definition) is 6. The van der Waals surface area contributed by atoms with E-state index in [0.717, 1.165) is 40.9 Å². The van der Waals surface area contributed by atoms with Crippen LogP contribution in [0.2, 0.25) is 0 Å². The van der Waals surface area contributed by atoms with E-state index in [1.54, 1.807) is 29.9 Å². The van der Waals surface area contributed by atoms with Gasteiger partial charge in [0.05, 0.1) is 24.3 Å². The third kappa shape index (κ3) is 3.58. The summed E-state index contributed by atoms with van der Waals surface area (Å²) in [7, 11) is 1.62. The minimum absolute atomic E-state index is 0.0182. The number of hydrogen-bond donors (Lipinski definition) is 1. The van der Waals surface area contributed by atoms with Crippen molar-refractivity contribution in [2.24, 2.45) is 5.92 Å². The lowest BCUT2D eigenvalue weighted by Crippen LogP contribution is -2.23. The lowest BCUT2D eigenvalue weighted by Gasteiger charge is -2.18. The van der Waals surface area contributed by atoms with Gasteiger partial charge in [0.2, 0.25) is 0 Å². The molecule has 2 atom stereocenters. The molecule has 0 saturated carbocycles. The summed E-state index contributed by atoms with van der Waals surface area (Å²) in [6, 6.07) is 7.45. The standard InChI is InChI=1S/C21H24N2O3S2/c1-12-4-9-16-17(10-12)28-19-18(16)20(25)23(21(22-19)27-11-13(2)24)14-5-7-15(26-3)8-6-14/h5-8,12-13,24H,4,9-11H2,1-3H3/t12-,13-/m1/s1. The molecule has 0 saturated heterocycles. The van der Waals surface area contributed by atoms with Gasteiger partial charge in [0.15, 0.2) is 5.16 Å². The fourth-order valence-electron chi connectivity index (χ4n) is 3.62. The van der Waals surface area contributed by atoms with Gasteiger partial charge in [-0.15, -0.1) is 11.3 Å². The predicted octanol–water partition coefficient (Wildman–Crippen LogP) is 4.05. The summed E-state index contributed by atoms with van der Waals surface area (Å²) in [5.41, 5.74) is 1.93. The van der Waals surface area contributed by atoms with Crippen molar-refractivity contribution < 1.29 is 9.84 Å². The number of rotatable bonds is 5. The number of methoxy groups -OCH3 is 1. The van der Waals surface area contributed by atoms with Gasteiger partial charge >= 0.3 is 0 Å². The average Bonchev–Trinajstić information content (AvgIpc) is 3.04. The van der Waals surface area contributed by atoms with Crippen LogP contribution in [0, 0.1) is 5.92 Å². The Labute approximate surface area is 172 Å². The van der Waals surface area contributed by atoms with Crippen molar-refractivity contribution in [2.45, 2.75) is 44.4 Å². The molecule has 4 rings (SSSR count). The van der Waals surface area contributed by atoms with Gasteiger partial charge in [0.1, 0.15) is 10.6 Å². The van der Waals surface area contributed by atoms with Crippen LogP contribution in [0.5, 0.6) is 5.75 Å². The summed E-state index contributed by atoms with van der Waals surface area (Å²) in [6.07, 6.45) is 2.60. The first-order valence-electron chi connectivity index (χ1n) is 9.50. The molecule has 0 fully saturated rings. The van der Waals surface area contributed by atoms with Gasteiger partial charge in [0.25, 0.3) is 5.56 Å². The molecule has 1 N–H and O–H groups in total. The number of nitrogens with zero attached hydrogens (tertiary/aromatic N) is 2. The number of ether oxygens (including phenoxy) is 1. The number of aliphatic hydroxyl groups is 1. The van der Waals surface area contributed by atoms with Crippen molar-refractivity contribution in [2.75, 3.05) is 12.9 Å². The van der Waals surface area contributed by atoms with Gasteiger partial charge in [-0.2, -0.15) is 0 Å². The van der Waals surface area contributed by atoms with Gasteiger partial charge in [-0.3, -0.25) is 9.36 Å². The molecular weight excluding hydrogens is 392 g/mol. The van der Waals surface area contributed by atoms with E-state index >= 15 is 0 Å². The van der Waals surface area contributed by atoms with Crippen molar-refractivity contribution >= 4 is 33.3 Å². The third-order valence-corrected chi connectivity index (χ3v) is 7.41. The van der Waals surface area contributed by atoms with E-state index < -0.39 is 6.10 Å². The number of aromatic nitrogens is 2. The number of benzene rings is 1. The maximum atomic E-state index is 13.6. The number of aryl methyl sites for hydroxylation is 1. The zero-order chi connectivity index (χ0) is 19.8. The van der Waals surface area contributed by atoms with Crippen LogP contribution >= 0.6 is 23.1 Å². The molecule has 1 aliphatic rings. The number of thioether (sulfide) groups is 1. The SMILES string of the molecule is COc1ccc(-n2c(SC[C@@H](C)O)nc3sc4c(c3c2=O)CC[C@@H](C)C4)cc1. The minimum atomic E-state index is -0.473. The molecular formula is C21H24N2O3S2. The Morgan fingerprint density at radius 1 is 1.39 bits per heavy atom. The monoisotopic (exact) mass is 416 g/mol. The first-order chi connectivity index (χ1) is 13.5. The van der Waals surface area contributed by atoms with Gasteiger partial charge in [-0.05, 0) is 61.9 Å². The van der Waals surface area contributed by atoms with Crippen LogP contribution in [0.1, 0.15) is 30.7 Å². The highest BCUT2D eigenvalue weighted by molar-refractivity contribution is 7.99. The quantitative estimate of drug-likeness (QED) is 0.502. The fourth-order valence-corrected chi connectivity index (χ4v) is 5.92. The Balaban J connectivity index is 1.92. The second-order valence-corrected chi connectivity index (χ2v) is 9.50. The average molecular weight is 417 g/mol. The first kappa shape index (κ1) is 19.5. The lowest BCUT2D eigenvalue weighted by atomic mass is 9.89. The zero-order valence-corrected chi connectivity index (χ0v) is 17.9. The molecule has 2 aromatic heterocycles. The Morgan fingerprint density at radius 3 is 2.82 bits per heavy atom. The summed E-state index contributed by atoms with van der Waals surface area (Å²) in [6.45, 7) is 4.01. The van der Waals surface area contributed by atoms with E-state index in [4.69, 9.17) is 9.72 Å². The van der Waals surface area contributed by atoms with Crippen molar-refractivity contribution in [1.29, 1.82) is 0 Å². The van der Waals surface area contributed by atoms with Crippen molar-refractivity contribution in [1.82, 2.24) is 9.55 Å². The second-order valence-electron chi connectivity index (χ2n) is 7.42. The third-order valence-electron chi connectivity index (χ3n) is 5.08. The van der Waals surface area contributed by atoms with Crippen LogP contribution in [0.25, 0.3) is 15.9 Å². The second kappa shape index (κ2) is 7.89. The molecule has 28 heavy (non-hydrogen) atoms. The summed E-state index contributed by atoms with van der Waals surface area (Å²) < 4.78 is 6.93. The smallest absolute Gasteiger partial charge is 0.267 e. The molecule has 5 nitrogen and oxygen atoms in total. The number of thiophene rings is 1. The van der Waals surface area contributed by atoms with E-state index in [0.29, 0.717) is 16.8 Å². The highest BCUT2D eigenvalue weighted by atomic mass is 32.2. The summed E-state index contributed by atoms with van der Waals surface area (Å²) in [4.78, 5) is 20.6. The Bertz CT molecular complexity index is 1050. The summed E-state index contributed by atoms with van der Waals surface area (Å²) in [5, 5.41) is 11.1. The largest absolute Gasteiger partial charge is 0.497 e. The van der Waals surface area contributed by atoms with E-state index in [1.165, 1.54) is 22.2 Å². The molecule has 0 bridgehead atoms. The topological polar surface area (TPSA) is 64.3 Å². The van der Waals surface area contributed by atoms with Crippen LogP contribution in [-0.2, 0) is 12.8 Å². The summed E-state index contributed by atoms with van der Waals surface area (Å²) >= 11 is 3.07. The van der Waals surface area contributed by atoms with Crippen LogP contribution in [0.4, 0.5) is 0 Å². The van der Waals surface area contributed by atoms with Crippen LogP contribution in [0.3, 0.4) is 0 Å². The van der Waals surface area contributed by atoms with Crippen LogP contribution in [0.15, 0.2) is 34.2 Å². The lowest BCUT2D eigenvalue weighted by molar-refractivity contribution is 0.220. The zero-order valence-electron chi connectivity index (χ0n) is 16.3. The van der Waals surface area contributed by atoms with Crippen molar-refractivity contribution in [3.8, 4) is 11.4 Å². The van der Waals surface area contributed by atoms with E-state index in [9.17, 15) is 9.90 Å². The molecule has 7 heteroatoms. The number of fused-ring (bicyclic) bond motifs is 3. The molecule has 148 valence electrons. The minimum Gasteiger partial charge on any atom is -0.497 e. The number of aliphatic hydroxyl groups excluding tert-OH is 1. The van der Waals surface area contributed by atoms with E-state index in [2.05, 4.69) is 6.92 Å². The molecule has 0 radical (unpaired) electrons. The first-order valence-corrected chi connectivity index (χ1v) is 11.3. The molecule has 0 unspecified atom stereocenters. The van der Waals surface area contributed by atoms with Crippen molar-refractivity contribution in [3.63, 3.8) is 0 Å². The molecule has 2 heterocycles. The molecule has 0 amide bonds. The van der Waals surface area contributed by atoms with E-state index in [-0.39, 0.29) is 5.56 Å². The van der Waals surface area contributed by atoms with Gasteiger partial charge in [-0.25, -0.2) is 4.98 Å². The highest BCUT2D eigenvalue weighted by Crippen LogP contribution is 2.37. The normalized spacial score (nSPS) is 17.5. The Hall–Kier alpha value is -1.83. The van der Waals surface area contributed by atoms with Gasteiger partial charge in [0, 0.05) is 10.6 Å². The molecule has 0 spiro atoms. The van der Waals surface area contributed by atoms with Gasteiger partial charge < -0.3 is 9.84 Å². The predicted molar refractivity (Wildman–Crippen MR) is 115 cm³/mol. The van der Waals surface area contributed by atoms with Gasteiger partial charge in [-0.1, -0.05) is 18.7 Å². The fraction of sp³-hybridized carbons (Fsp3) is 0.429. The van der Waals surface area contributed by atoms with E-state index in [1.807, 2.05) is 24.3 Å². The maximum absolute atomic E-state index is 13.6. The Kier molecular flexibility index (Phi) is 5.49. The maximum Gasteiger partial charge on any atom is 0.267 e. The molecule has 3 aromatic rings.